The Kier molecular flexibility index (Phi) is 8.05. The Labute approximate surface area is 241 Å². The molecule has 1 atom stereocenters. The van der Waals surface area contributed by atoms with Crippen molar-refractivity contribution >= 4 is 45.6 Å². The van der Waals surface area contributed by atoms with Crippen LogP contribution in [-0.4, -0.2) is 57.1 Å². The van der Waals surface area contributed by atoms with Gasteiger partial charge < -0.3 is 35.4 Å². The zero-order valence-electron chi connectivity index (χ0n) is 23.5. The first-order chi connectivity index (χ1) is 20.2. The van der Waals surface area contributed by atoms with Crippen molar-refractivity contribution in [3.63, 3.8) is 0 Å². The molecule has 1 unspecified atom stereocenters. The van der Waals surface area contributed by atoms with Crippen LogP contribution >= 0.6 is 0 Å². The highest BCUT2D eigenvalue weighted by atomic mass is 16.5. The van der Waals surface area contributed by atoms with Gasteiger partial charge in [0.15, 0.2) is 5.96 Å². The molecule has 2 heterocycles. The molecule has 5 aromatic rings. The van der Waals surface area contributed by atoms with Gasteiger partial charge in [-0.15, -0.1) is 0 Å². The van der Waals surface area contributed by atoms with Crippen molar-refractivity contribution in [2.45, 2.75) is 19.8 Å². The summed E-state index contributed by atoms with van der Waals surface area (Å²) < 4.78 is 12.8. The minimum atomic E-state index is -0.452. The number of fused-ring (bicyclic) bond motifs is 2. The van der Waals surface area contributed by atoms with Gasteiger partial charge in [-0.25, -0.2) is 14.8 Å². The molecule has 3 aromatic carbocycles. The molecule has 0 spiro atoms. The lowest BCUT2D eigenvalue weighted by Gasteiger charge is -2.11. The molecule has 216 valence electrons. The van der Waals surface area contributed by atoms with Crippen LogP contribution in [0.1, 0.15) is 52.1 Å². The lowest BCUT2D eigenvalue weighted by atomic mass is 10.1. The van der Waals surface area contributed by atoms with E-state index < -0.39 is 5.97 Å². The summed E-state index contributed by atoms with van der Waals surface area (Å²) in [6, 6.07) is 17.7. The van der Waals surface area contributed by atoms with Gasteiger partial charge in [0.05, 0.1) is 41.1 Å². The fourth-order valence-electron chi connectivity index (χ4n) is 4.72. The highest BCUT2D eigenvalue weighted by Gasteiger charge is 2.21. The minimum absolute atomic E-state index is 0.142. The van der Waals surface area contributed by atoms with E-state index in [1.165, 1.54) is 0 Å². The predicted octanol–water partition coefficient (Wildman–Crippen LogP) is 3.89. The van der Waals surface area contributed by atoms with Gasteiger partial charge in [-0.05, 0) is 62.4 Å². The molecule has 1 amide bonds. The van der Waals surface area contributed by atoms with Crippen molar-refractivity contribution in [3.8, 4) is 5.75 Å². The van der Waals surface area contributed by atoms with Crippen molar-refractivity contribution in [3.05, 3.63) is 83.4 Å². The number of esters is 1. The average Bonchev–Trinajstić information content (AvgIpc) is 3.55. The Morgan fingerprint density at radius 1 is 1.10 bits per heavy atom. The Balaban J connectivity index is 1.26. The van der Waals surface area contributed by atoms with Crippen molar-refractivity contribution in [1.82, 2.24) is 24.8 Å². The molecule has 2 aromatic heterocycles. The van der Waals surface area contributed by atoms with Crippen LogP contribution in [0.2, 0.25) is 0 Å². The number of aryl methyl sites for hydroxylation is 1. The summed E-state index contributed by atoms with van der Waals surface area (Å²) in [5.41, 5.74) is 10.1. The summed E-state index contributed by atoms with van der Waals surface area (Å²) in [5.74, 6) is 0.931. The maximum absolute atomic E-state index is 12.9. The summed E-state index contributed by atoms with van der Waals surface area (Å²) >= 11 is 0. The fraction of sp³-hybridized carbons (Fsp3) is 0.233. The first-order valence-corrected chi connectivity index (χ1v) is 13.5. The van der Waals surface area contributed by atoms with Crippen LogP contribution in [0.25, 0.3) is 22.1 Å². The molecule has 0 radical (unpaired) electrons. The number of anilines is 1. The van der Waals surface area contributed by atoms with E-state index in [0.717, 1.165) is 33.7 Å². The number of para-hydroxylation sites is 1. The highest BCUT2D eigenvalue weighted by molar-refractivity contribution is 5.97. The number of aromatic nitrogens is 4. The van der Waals surface area contributed by atoms with E-state index >= 15 is 0 Å². The summed E-state index contributed by atoms with van der Waals surface area (Å²) in [6.07, 6.45) is 0. The molecule has 12 heteroatoms. The molecule has 12 nitrogen and oxygen atoms in total. The number of hydrogen-bond donors (Lipinski definition) is 5. The minimum Gasteiger partial charge on any atom is -0.491 e. The second-order valence-corrected chi connectivity index (χ2v) is 9.67. The van der Waals surface area contributed by atoms with E-state index in [-0.39, 0.29) is 37.5 Å². The SMILES string of the molecule is CCOC(=O)c1ccccc1OCCNC(=O)c1ccc2nc(C(C)c3nc4cc(NC(=N)N)ccc4[nH]3)n(C)c2c1. The van der Waals surface area contributed by atoms with E-state index in [1.807, 2.05) is 48.9 Å². The molecule has 0 fully saturated rings. The van der Waals surface area contributed by atoms with Crippen LogP contribution in [-0.2, 0) is 11.8 Å². The van der Waals surface area contributed by atoms with Crippen LogP contribution in [0.3, 0.4) is 0 Å². The maximum atomic E-state index is 12.9. The predicted molar refractivity (Wildman–Crippen MR) is 160 cm³/mol. The number of amides is 1. The summed E-state index contributed by atoms with van der Waals surface area (Å²) in [4.78, 5) is 38.0. The van der Waals surface area contributed by atoms with Gasteiger partial charge in [0, 0.05) is 18.3 Å². The molecule has 42 heavy (non-hydrogen) atoms. The number of nitrogens with two attached hydrogens (primary N) is 1. The maximum Gasteiger partial charge on any atom is 0.341 e. The lowest BCUT2D eigenvalue weighted by Crippen LogP contribution is -2.28. The number of rotatable bonds is 10. The van der Waals surface area contributed by atoms with Gasteiger partial charge in [-0.2, -0.15) is 0 Å². The monoisotopic (exact) mass is 568 g/mol. The number of carbonyl (C=O) groups excluding carboxylic acids is 2. The standard InChI is InChI=1S/C30H32N8O4/c1-4-41-29(40)20-7-5-6-8-25(20)42-14-13-33-28(39)18-9-11-22-24(15-18)38(3)27(37-22)17(2)26-35-21-12-10-19(34-30(31)32)16-23(21)36-26/h5-12,15-17H,4,13-14H2,1-3H3,(H,33,39)(H,35,36)(H4,31,32,34). The third-order valence-electron chi connectivity index (χ3n) is 6.78. The van der Waals surface area contributed by atoms with Gasteiger partial charge in [0.25, 0.3) is 5.91 Å². The van der Waals surface area contributed by atoms with Gasteiger partial charge >= 0.3 is 5.97 Å². The molecule has 0 saturated carbocycles. The number of carbonyl (C=O) groups is 2. The third kappa shape index (κ3) is 5.87. The van der Waals surface area contributed by atoms with E-state index in [1.54, 1.807) is 37.3 Å². The second kappa shape index (κ2) is 12.0. The zero-order valence-corrected chi connectivity index (χ0v) is 23.5. The summed E-state index contributed by atoms with van der Waals surface area (Å²) in [6.45, 7) is 4.46. The molecule has 0 aliphatic rings. The first kappa shape index (κ1) is 28.1. The van der Waals surface area contributed by atoms with Crippen LogP contribution in [0.15, 0.2) is 60.7 Å². The van der Waals surface area contributed by atoms with Crippen LogP contribution in [0.4, 0.5) is 5.69 Å². The van der Waals surface area contributed by atoms with Gasteiger partial charge in [-0.3, -0.25) is 10.2 Å². The number of benzene rings is 3. The summed E-state index contributed by atoms with van der Waals surface area (Å²) in [5, 5.41) is 13.1. The number of H-pyrrole nitrogens is 1. The molecular weight excluding hydrogens is 536 g/mol. The van der Waals surface area contributed by atoms with Crippen molar-refractivity contribution in [2.75, 3.05) is 25.1 Å². The quantitative estimate of drug-likeness (QED) is 0.0730. The molecule has 0 saturated heterocycles. The molecular formula is C30H32N8O4. The number of imidazole rings is 2. The Morgan fingerprint density at radius 2 is 1.90 bits per heavy atom. The first-order valence-electron chi connectivity index (χ1n) is 13.5. The summed E-state index contributed by atoms with van der Waals surface area (Å²) in [7, 11) is 1.91. The van der Waals surface area contributed by atoms with Gasteiger partial charge in [-0.1, -0.05) is 12.1 Å². The number of nitrogens with one attached hydrogen (secondary N) is 4. The Hall–Kier alpha value is -5.39. The van der Waals surface area contributed by atoms with Crippen molar-refractivity contribution < 1.29 is 19.1 Å². The molecule has 6 N–H and O–H groups in total. The molecule has 0 aliphatic heterocycles. The van der Waals surface area contributed by atoms with E-state index in [0.29, 0.717) is 22.6 Å². The number of hydrogen-bond acceptors (Lipinski definition) is 7. The molecule has 0 aliphatic carbocycles. The third-order valence-corrected chi connectivity index (χ3v) is 6.78. The lowest BCUT2D eigenvalue weighted by molar-refractivity contribution is 0.0521. The van der Waals surface area contributed by atoms with Crippen LogP contribution in [0, 0.1) is 5.41 Å². The number of ether oxygens (including phenoxy) is 2. The fourth-order valence-corrected chi connectivity index (χ4v) is 4.72. The van der Waals surface area contributed by atoms with E-state index in [9.17, 15) is 9.59 Å². The molecule has 5 rings (SSSR count). The van der Waals surface area contributed by atoms with Crippen molar-refractivity contribution in [1.29, 1.82) is 5.41 Å². The van der Waals surface area contributed by atoms with E-state index in [4.69, 9.17) is 30.6 Å². The van der Waals surface area contributed by atoms with E-state index in [2.05, 4.69) is 15.6 Å². The number of nitrogens with zero attached hydrogens (tertiary/aromatic N) is 3. The second-order valence-electron chi connectivity index (χ2n) is 9.67. The van der Waals surface area contributed by atoms with Crippen molar-refractivity contribution in [2.24, 2.45) is 12.8 Å². The number of aromatic amines is 1. The average molecular weight is 569 g/mol. The molecule has 0 bridgehead atoms. The Bertz CT molecular complexity index is 1790. The highest BCUT2D eigenvalue weighted by Crippen LogP contribution is 2.28. The Morgan fingerprint density at radius 3 is 2.69 bits per heavy atom. The topological polar surface area (TPSA) is 173 Å². The van der Waals surface area contributed by atoms with Crippen LogP contribution < -0.4 is 21.1 Å². The zero-order chi connectivity index (χ0) is 29.8. The smallest absolute Gasteiger partial charge is 0.341 e. The largest absolute Gasteiger partial charge is 0.491 e. The normalized spacial score (nSPS) is 11.8. The van der Waals surface area contributed by atoms with Gasteiger partial charge in [0.1, 0.15) is 29.6 Å². The van der Waals surface area contributed by atoms with Gasteiger partial charge in [0.2, 0.25) is 0 Å². The number of guanidine groups is 1. The van der Waals surface area contributed by atoms with Crippen LogP contribution in [0.5, 0.6) is 5.75 Å².